The van der Waals surface area contributed by atoms with Gasteiger partial charge in [0.25, 0.3) is 0 Å². The van der Waals surface area contributed by atoms with E-state index in [9.17, 15) is 0 Å². The number of rotatable bonds is 1. The first kappa shape index (κ1) is 21.4. The predicted molar refractivity (Wildman–Crippen MR) is 165 cm³/mol. The van der Waals surface area contributed by atoms with E-state index >= 15 is 0 Å². The highest BCUT2D eigenvalue weighted by Crippen LogP contribution is 2.46. The van der Waals surface area contributed by atoms with Gasteiger partial charge in [-0.1, -0.05) is 84.3 Å². The topological polar surface area (TPSA) is 40.7 Å². The van der Waals surface area contributed by atoms with Gasteiger partial charge in [0.2, 0.25) is 12.5 Å². The number of para-hydroxylation sites is 4. The molecule has 0 radical (unpaired) electrons. The van der Waals surface area contributed by atoms with E-state index < -0.39 is 0 Å². The normalized spacial score (nSPS) is 13.2. The molecule has 0 bridgehead atoms. The Hall–Kier alpha value is -5.49. The van der Waals surface area contributed by atoms with Crippen molar-refractivity contribution in [3.05, 3.63) is 121 Å². The number of ether oxygens (including phenoxy) is 2. The van der Waals surface area contributed by atoms with Crippen molar-refractivity contribution >= 4 is 61.7 Å². The molecule has 0 saturated heterocycles. The highest BCUT2D eigenvalue weighted by Gasteiger charge is 2.36. The molecule has 0 amide bonds. The summed E-state index contributed by atoms with van der Waals surface area (Å²) in [5.74, 6) is 3.74. The van der Waals surface area contributed by atoms with E-state index in [-0.39, 0.29) is 6.71 Å². The largest absolute Gasteiger partial charge is 0.450 e. The molecule has 0 atom stereocenters. The van der Waals surface area contributed by atoms with Crippen molar-refractivity contribution in [1.29, 1.82) is 0 Å². The lowest BCUT2D eigenvalue weighted by Crippen LogP contribution is -2.56. The fraction of sp³-hybridized carbons (Fsp3) is 0. The maximum atomic E-state index is 6.44. The summed E-state index contributed by atoms with van der Waals surface area (Å²) in [7, 11) is 0. The van der Waals surface area contributed by atoms with Gasteiger partial charge in [0.05, 0.1) is 22.1 Å². The molecule has 10 rings (SSSR count). The Morgan fingerprint density at radius 2 is 1.32 bits per heavy atom. The molecule has 2 aliphatic rings. The number of nitrogens with zero attached hydrogens (tertiary/aromatic N) is 3. The molecule has 0 fully saturated rings. The van der Waals surface area contributed by atoms with Gasteiger partial charge in [-0.2, -0.15) is 0 Å². The maximum absolute atomic E-state index is 6.44. The molecule has 0 aliphatic carbocycles. The van der Waals surface area contributed by atoms with Crippen LogP contribution in [0.3, 0.4) is 0 Å². The fourth-order valence-corrected chi connectivity index (χ4v) is 6.92. The summed E-state index contributed by atoms with van der Waals surface area (Å²) in [4.78, 5) is 5.23. The summed E-state index contributed by atoms with van der Waals surface area (Å²) < 4.78 is 17.5. The second-order valence-electron chi connectivity index (χ2n) is 10.8. The van der Waals surface area contributed by atoms with Gasteiger partial charge in [0, 0.05) is 17.1 Å². The van der Waals surface area contributed by atoms with Crippen LogP contribution in [0.2, 0.25) is 0 Å². The van der Waals surface area contributed by atoms with E-state index in [1.54, 1.807) is 0 Å². The molecule has 2 aliphatic heterocycles. The molecule has 2 aromatic heterocycles. The zero-order valence-electron chi connectivity index (χ0n) is 21.8. The maximum Gasteiger partial charge on any atom is 0.246 e. The molecule has 6 aromatic carbocycles. The average molecular weight is 525 g/mol. The molecule has 41 heavy (non-hydrogen) atoms. The van der Waals surface area contributed by atoms with Gasteiger partial charge in [-0.15, -0.1) is 0 Å². The van der Waals surface area contributed by atoms with Crippen molar-refractivity contribution in [2.45, 2.75) is 0 Å². The molecule has 0 spiro atoms. The quantitative estimate of drug-likeness (QED) is 0.236. The van der Waals surface area contributed by atoms with E-state index in [0.717, 1.165) is 50.7 Å². The first-order valence-electron chi connectivity index (χ1n) is 13.8. The van der Waals surface area contributed by atoms with Crippen LogP contribution in [0.5, 0.6) is 23.0 Å². The predicted octanol–water partition coefficient (Wildman–Crippen LogP) is 6.31. The smallest absolute Gasteiger partial charge is 0.246 e. The van der Waals surface area contributed by atoms with Crippen LogP contribution in [0.1, 0.15) is 0 Å². The second kappa shape index (κ2) is 7.58. The van der Waals surface area contributed by atoms with Gasteiger partial charge in [0.1, 0.15) is 0 Å². The van der Waals surface area contributed by atoms with Gasteiger partial charge < -0.3 is 9.47 Å². The van der Waals surface area contributed by atoms with Crippen LogP contribution in [0.4, 0.5) is 0 Å². The Labute approximate surface area is 234 Å². The lowest BCUT2D eigenvalue weighted by Gasteiger charge is -2.32. The molecule has 6 heteroatoms. The monoisotopic (exact) mass is 525 g/mol. The van der Waals surface area contributed by atoms with E-state index in [4.69, 9.17) is 14.5 Å². The molecule has 4 heterocycles. The van der Waals surface area contributed by atoms with Crippen LogP contribution in [0.25, 0.3) is 44.3 Å². The third-order valence-corrected chi connectivity index (χ3v) is 8.61. The zero-order valence-corrected chi connectivity index (χ0v) is 21.8. The number of fused-ring (bicyclic) bond motifs is 9. The van der Waals surface area contributed by atoms with Crippen LogP contribution in [0.15, 0.2) is 121 Å². The summed E-state index contributed by atoms with van der Waals surface area (Å²) in [6, 6.07) is 42.4. The number of imidazole rings is 1. The highest BCUT2D eigenvalue weighted by molar-refractivity contribution is 6.98. The van der Waals surface area contributed by atoms with Crippen molar-refractivity contribution in [3.63, 3.8) is 0 Å². The van der Waals surface area contributed by atoms with E-state index in [1.807, 2.05) is 24.3 Å². The highest BCUT2D eigenvalue weighted by atomic mass is 16.6. The number of hydrogen-bond acceptors (Lipinski definition) is 3. The van der Waals surface area contributed by atoms with Gasteiger partial charge in [0.15, 0.2) is 23.0 Å². The van der Waals surface area contributed by atoms with Crippen molar-refractivity contribution in [2.24, 2.45) is 0 Å². The van der Waals surface area contributed by atoms with E-state index in [1.165, 1.54) is 27.2 Å². The molecular weight excluding hydrogens is 505 g/mol. The lowest BCUT2D eigenvalue weighted by molar-refractivity contribution is 0.360. The standard InChI is InChI=1S/C35H20BN3O2/c1-2-10-22(11-3-1)36-23-18-17-21-9-8-14-27-33(21)34(23)39(35-37-25-12-4-5-13-26(25)38(27)35)28-20-32-31(19-24(28)36)40-29-15-6-7-16-30(29)41-32/h1-20H. The number of hydrogen-bond donors (Lipinski definition) is 0. The molecule has 0 unspecified atom stereocenters. The Balaban J connectivity index is 1.41. The zero-order chi connectivity index (χ0) is 26.7. The molecule has 0 saturated carbocycles. The van der Waals surface area contributed by atoms with Crippen LogP contribution < -0.4 is 25.9 Å². The Kier molecular flexibility index (Phi) is 3.95. The van der Waals surface area contributed by atoms with Crippen LogP contribution in [0, 0.1) is 0 Å². The molecule has 190 valence electrons. The number of benzene rings is 6. The minimum Gasteiger partial charge on any atom is -0.450 e. The van der Waals surface area contributed by atoms with Gasteiger partial charge in [-0.05, 0) is 52.7 Å². The minimum atomic E-state index is 0.0110. The van der Waals surface area contributed by atoms with Crippen molar-refractivity contribution in [1.82, 2.24) is 14.0 Å². The van der Waals surface area contributed by atoms with Gasteiger partial charge >= 0.3 is 0 Å². The van der Waals surface area contributed by atoms with Crippen molar-refractivity contribution in [2.75, 3.05) is 0 Å². The van der Waals surface area contributed by atoms with Crippen LogP contribution in [-0.2, 0) is 0 Å². The molecule has 0 N–H and O–H groups in total. The van der Waals surface area contributed by atoms with Crippen molar-refractivity contribution in [3.8, 4) is 28.7 Å². The third-order valence-electron chi connectivity index (χ3n) is 8.61. The molecular formula is C35H20BN3O2. The summed E-state index contributed by atoms with van der Waals surface area (Å²) in [6.45, 7) is 0.0110. The van der Waals surface area contributed by atoms with E-state index in [0.29, 0.717) is 5.75 Å². The lowest BCUT2D eigenvalue weighted by atomic mass is 9.35. The van der Waals surface area contributed by atoms with Crippen LogP contribution in [-0.4, -0.2) is 20.7 Å². The number of aromatic nitrogens is 3. The second-order valence-corrected chi connectivity index (χ2v) is 10.8. The first-order chi connectivity index (χ1) is 20.3. The summed E-state index contributed by atoms with van der Waals surface area (Å²) >= 11 is 0. The Bertz CT molecular complexity index is 2390. The van der Waals surface area contributed by atoms with Crippen molar-refractivity contribution < 1.29 is 9.47 Å². The minimum absolute atomic E-state index is 0.0110. The summed E-state index contributed by atoms with van der Waals surface area (Å²) in [6.07, 6.45) is 0. The SMILES string of the molecule is c1ccc(B2c3cc4c(cc3-n3c5c2ccc2cccc(c25)n2c5ccccc5nc32)Oc2ccccc2O4)cc1. The Morgan fingerprint density at radius 3 is 2.17 bits per heavy atom. The molecule has 5 nitrogen and oxygen atoms in total. The van der Waals surface area contributed by atoms with Crippen LogP contribution >= 0.6 is 0 Å². The van der Waals surface area contributed by atoms with E-state index in [2.05, 4.69) is 106 Å². The third kappa shape index (κ3) is 2.73. The first-order valence-corrected chi connectivity index (χ1v) is 13.8. The molecule has 8 aromatic rings. The fourth-order valence-electron chi connectivity index (χ4n) is 6.92. The van der Waals surface area contributed by atoms with Gasteiger partial charge in [-0.25, -0.2) is 4.98 Å². The van der Waals surface area contributed by atoms with Gasteiger partial charge in [-0.3, -0.25) is 8.97 Å². The average Bonchev–Trinajstić information content (AvgIpc) is 3.41. The Morgan fingerprint density at radius 1 is 0.585 bits per heavy atom. The summed E-state index contributed by atoms with van der Waals surface area (Å²) in [5.41, 5.74) is 9.07. The summed E-state index contributed by atoms with van der Waals surface area (Å²) in [5, 5.41) is 2.43.